The zero-order valence-electron chi connectivity index (χ0n) is 6.12. The van der Waals surface area contributed by atoms with Crippen LogP contribution in [0.4, 0.5) is 5.82 Å². The molecule has 0 aliphatic rings. The minimum absolute atomic E-state index is 0.559. The number of nitrogens with zero attached hydrogens (tertiary/aromatic N) is 2. The second kappa shape index (κ2) is 2.99. The lowest BCUT2D eigenvalue weighted by molar-refractivity contribution is 1.24. The number of anilines is 1. The molecule has 62 valence electrons. The maximum absolute atomic E-state index is 5.66. The summed E-state index contributed by atoms with van der Waals surface area (Å²) in [6.45, 7) is 0. The van der Waals surface area contributed by atoms with E-state index in [0.717, 1.165) is 15.5 Å². The zero-order chi connectivity index (χ0) is 8.55. The number of halogens is 1. The molecule has 0 aliphatic carbocycles. The van der Waals surface area contributed by atoms with Gasteiger partial charge in [-0.1, -0.05) is 15.9 Å². The van der Waals surface area contributed by atoms with Crippen LogP contribution in [0.15, 0.2) is 12.4 Å². The van der Waals surface area contributed by atoms with E-state index in [0.29, 0.717) is 5.82 Å². The molecule has 0 amide bonds. The van der Waals surface area contributed by atoms with Crippen LogP contribution < -0.4 is 5.73 Å². The molecule has 2 heterocycles. The molecule has 0 fully saturated rings. The van der Waals surface area contributed by atoms with Crippen molar-refractivity contribution in [2.24, 2.45) is 0 Å². The Kier molecular flexibility index (Phi) is 1.98. The molecule has 0 spiro atoms. The lowest BCUT2D eigenvalue weighted by Gasteiger charge is -1.90. The van der Waals surface area contributed by atoms with Gasteiger partial charge < -0.3 is 5.73 Å². The molecule has 0 radical (unpaired) electrons. The number of hydrogen-bond acceptors (Lipinski definition) is 4. The Morgan fingerprint density at radius 1 is 1.50 bits per heavy atom. The Morgan fingerprint density at radius 3 is 3.00 bits per heavy atom. The molecule has 0 aromatic carbocycles. The minimum atomic E-state index is 0.559. The maximum Gasteiger partial charge on any atom is 0.135 e. The average molecular weight is 244 g/mol. The summed E-state index contributed by atoms with van der Waals surface area (Å²) in [6, 6.07) is 2.02. The Labute approximate surface area is 81.8 Å². The largest absolute Gasteiger partial charge is 0.383 e. The molecule has 0 saturated heterocycles. The molecule has 2 N–H and O–H groups in total. The zero-order valence-corrected chi connectivity index (χ0v) is 8.52. The number of nitrogen functional groups attached to an aromatic ring is 1. The summed E-state index contributed by atoms with van der Waals surface area (Å²) < 4.78 is 0. The van der Waals surface area contributed by atoms with Crippen LogP contribution in [0.5, 0.6) is 0 Å². The van der Waals surface area contributed by atoms with Gasteiger partial charge >= 0.3 is 0 Å². The van der Waals surface area contributed by atoms with Crippen molar-refractivity contribution in [3.8, 4) is 0 Å². The molecule has 0 saturated carbocycles. The topological polar surface area (TPSA) is 51.8 Å². The SMILES string of the molecule is Nc1ncnc2sc(CBr)cc12. The normalized spacial score (nSPS) is 10.8. The fourth-order valence-corrected chi connectivity index (χ4v) is 2.35. The van der Waals surface area contributed by atoms with Crippen LogP contribution in [-0.4, -0.2) is 9.97 Å². The van der Waals surface area contributed by atoms with Crippen molar-refractivity contribution < 1.29 is 0 Å². The number of aromatic nitrogens is 2. The van der Waals surface area contributed by atoms with E-state index in [1.807, 2.05) is 6.07 Å². The second-order valence-corrected chi connectivity index (χ2v) is 4.00. The van der Waals surface area contributed by atoms with E-state index in [4.69, 9.17) is 5.73 Å². The number of thiophene rings is 1. The lowest BCUT2D eigenvalue weighted by Crippen LogP contribution is -1.89. The average Bonchev–Trinajstić information content (AvgIpc) is 2.49. The van der Waals surface area contributed by atoms with E-state index < -0.39 is 0 Å². The highest BCUT2D eigenvalue weighted by atomic mass is 79.9. The summed E-state index contributed by atoms with van der Waals surface area (Å²) in [5.41, 5.74) is 5.66. The van der Waals surface area contributed by atoms with E-state index in [-0.39, 0.29) is 0 Å². The van der Waals surface area contributed by atoms with Crippen LogP contribution in [0.3, 0.4) is 0 Å². The molecular formula is C7H6BrN3S. The highest BCUT2D eigenvalue weighted by Crippen LogP contribution is 2.27. The number of alkyl halides is 1. The standard InChI is InChI=1S/C7H6BrN3S/c8-2-4-1-5-6(9)10-3-11-7(5)12-4/h1,3H,2H2,(H2,9,10,11). The molecule has 0 bridgehead atoms. The van der Waals surface area contributed by atoms with Gasteiger partial charge in [0.1, 0.15) is 17.0 Å². The van der Waals surface area contributed by atoms with Gasteiger partial charge in [0, 0.05) is 10.2 Å². The van der Waals surface area contributed by atoms with Crippen molar-refractivity contribution in [3.63, 3.8) is 0 Å². The predicted molar refractivity (Wildman–Crippen MR) is 54.5 cm³/mol. The Bertz CT molecular complexity index is 412. The van der Waals surface area contributed by atoms with Gasteiger partial charge in [-0.05, 0) is 6.07 Å². The summed E-state index contributed by atoms with van der Waals surface area (Å²) in [6.07, 6.45) is 1.49. The van der Waals surface area contributed by atoms with Crippen molar-refractivity contribution in [3.05, 3.63) is 17.3 Å². The fourth-order valence-electron chi connectivity index (χ4n) is 0.990. The number of fused-ring (bicyclic) bond motifs is 1. The third kappa shape index (κ3) is 1.19. The Balaban J connectivity index is 2.74. The fraction of sp³-hybridized carbons (Fsp3) is 0.143. The van der Waals surface area contributed by atoms with Gasteiger partial charge in [0.05, 0.1) is 5.39 Å². The maximum atomic E-state index is 5.66. The second-order valence-electron chi connectivity index (χ2n) is 2.32. The van der Waals surface area contributed by atoms with E-state index in [2.05, 4.69) is 25.9 Å². The van der Waals surface area contributed by atoms with Gasteiger partial charge in [-0.25, -0.2) is 9.97 Å². The molecule has 0 atom stereocenters. The Hall–Kier alpha value is -0.680. The summed E-state index contributed by atoms with van der Waals surface area (Å²) in [5.74, 6) is 0.559. The quantitative estimate of drug-likeness (QED) is 0.782. The van der Waals surface area contributed by atoms with Crippen LogP contribution in [-0.2, 0) is 5.33 Å². The van der Waals surface area contributed by atoms with E-state index in [1.165, 1.54) is 11.2 Å². The first-order valence-corrected chi connectivity index (χ1v) is 5.30. The van der Waals surface area contributed by atoms with Crippen LogP contribution in [0.2, 0.25) is 0 Å². The van der Waals surface area contributed by atoms with Gasteiger partial charge in [0.25, 0.3) is 0 Å². The van der Waals surface area contributed by atoms with Gasteiger partial charge in [-0.2, -0.15) is 0 Å². The third-order valence-corrected chi connectivity index (χ3v) is 3.56. The van der Waals surface area contributed by atoms with Crippen molar-refractivity contribution in [1.82, 2.24) is 9.97 Å². The summed E-state index contributed by atoms with van der Waals surface area (Å²) >= 11 is 5.01. The molecule has 5 heteroatoms. The highest BCUT2D eigenvalue weighted by molar-refractivity contribution is 9.08. The highest BCUT2D eigenvalue weighted by Gasteiger charge is 2.04. The number of rotatable bonds is 1. The molecule has 3 nitrogen and oxygen atoms in total. The molecule has 0 aliphatic heterocycles. The van der Waals surface area contributed by atoms with Crippen LogP contribution in [0.25, 0.3) is 10.2 Å². The molecule has 2 rings (SSSR count). The van der Waals surface area contributed by atoms with E-state index in [9.17, 15) is 0 Å². The number of nitrogens with two attached hydrogens (primary N) is 1. The summed E-state index contributed by atoms with van der Waals surface area (Å²) in [7, 11) is 0. The molecule has 0 unspecified atom stereocenters. The minimum Gasteiger partial charge on any atom is -0.383 e. The Morgan fingerprint density at radius 2 is 2.33 bits per heavy atom. The van der Waals surface area contributed by atoms with Gasteiger partial charge in [-0.3, -0.25) is 0 Å². The monoisotopic (exact) mass is 243 g/mol. The first-order chi connectivity index (χ1) is 5.81. The summed E-state index contributed by atoms with van der Waals surface area (Å²) in [5, 5.41) is 1.80. The first kappa shape index (κ1) is 7.94. The predicted octanol–water partition coefficient (Wildman–Crippen LogP) is 2.17. The van der Waals surface area contributed by atoms with Gasteiger partial charge in [-0.15, -0.1) is 11.3 Å². The van der Waals surface area contributed by atoms with Gasteiger partial charge in [0.15, 0.2) is 0 Å². The first-order valence-electron chi connectivity index (χ1n) is 3.36. The van der Waals surface area contributed by atoms with Crippen molar-refractivity contribution >= 4 is 43.3 Å². The number of hydrogen-bond donors (Lipinski definition) is 1. The summed E-state index contributed by atoms with van der Waals surface area (Å²) in [4.78, 5) is 10.2. The van der Waals surface area contributed by atoms with Crippen molar-refractivity contribution in [2.75, 3.05) is 5.73 Å². The lowest BCUT2D eigenvalue weighted by atomic mass is 10.3. The molecular weight excluding hydrogens is 238 g/mol. The van der Waals surface area contributed by atoms with Crippen LogP contribution >= 0.6 is 27.3 Å². The molecule has 12 heavy (non-hydrogen) atoms. The van der Waals surface area contributed by atoms with Crippen molar-refractivity contribution in [1.29, 1.82) is 0 Å². The van der Waals surface area contributed by atoms with Crippen LogP contribution in [0, 0.1) is 0 Å². The molecule has 2 aromatic rings. The van der Waals surface area contributed by atoms with E-state index >= 15 is 0 Å². The molecule has 2 aromatic heterocycles. The third-order valence-electron chi connectivity index (χ3n) is 1.54. The van der Waals surface area contributed by atoms with E-state index in [1.54, 1.807) is 11.3 Å². The smallest absolute Gasteiger partial charge is 0.135 e. The van der Waals surface area contributed by atoms with Gasteiger partial charge in [0.2, 0.25) is 0 Å². The van der Waals surface area contributed by atoms with Crippen LogP contribution in [0.1, 0.15) is 4.88 Å². The van der Waals surface area contributed by atoms with Crippen molar-refractivity contribution in [2.45, 2.75) is 5.33 Å².